The minimum absolute atomic E-state index is 0.106. The van der Waals surface area contributed by atoms with Crippen molar-refractivity contribution in [2.24, 2.45) is 5.92 Å². The van der Waals surface area contributed by atoms with Crippen molar-refractivity contribution in [1.82, 2.24) is 5.32 Å². The lowest BCUT2D eigenvalue weighted by Gasteiger charge is -2.23. The summed E-state index contributed by atoms with van der Waals surface area (Å²) < 4.78 is 10.2. The molecule has 0 saturated heterocycles. The molecule has 0 amide bonds. The lowest BCUT2D eigenvalue weighted by Crippen LogP contribution is -2.34. The fraction of sp³-hybridized carbons (Fsp3) is 0.667. The number of rotatable bonds is 5. The zero-order valence-electron chi connectivity index (χ0n) is 11.9. The Balaban J connectivity index is 1.93. The van der Waals surface area contributed by atoms with Gasteiger partial charge in [0.1, 0.15) is 5.76 Å². The number of carbonyl (C=O) groups excluding carboxylic acids is 1. The lowest BCUT2D eigenvalue weighted by molar-refractivity contribution is 0.0562. The van der Waals surface area contributed by atoms with Crippen molar-refractivity contribution < 1.29 is 13.9 Å². The second-order valence-corrected chi connectivity index (χ2v) is 5.42. The van der Waals surface area contributed by atoms with E-state index in [9.17, 15) is 4.79 Å². The number of methoxy groups -OCH3 is 1. The molecule has 1 aromatic heterocycles. The zero-order chi connectivity index (χ0) is 13.8. The topological polar surface area (TPSA) is 51.5 Å². The van der Waals surface area contributed by atoms with Gasteiger partial charge in [-0.2, -0.15) is 0 Å². The van der Waals surface area contributed by atoms with Crippen LogP contribution in [0.3, 0.4) is 0 Å². The van der Waals surface area contributed by atoms with Crippen molar-refractivity contribution >= 4 is 5.97 Å². The largest absolute Gasteiger partial charge is 0.463 e. The Kier molecular flexibility index (Phi) is 4.64. The first-order chi connectivity index (χ1) is 9.11. The van der Waals surface area contributed by atoms with Crippen LogP contribution >= 0.6 is 0 Å². The summed E-state index contributed by atoms with van der Waals surface area (Å²) in [6, 6.07) is 4.09. The van der Waals surface area contributed by atoms with E-state index in [1.807, 2.05) is 6.07 Å². The Morgan fingerprint density at radius 3 is 2.68 bits per heavy atom. The molecule has 1 N–H and O–H groups in total. The van der Waals surface area contributed by atoms with Gasteiger partial charge in [0.25, 0.3) is 0 Å². The fourth-order valence-corrected chi connectivity index (χ4v) is 2.87. The van der Waals surface area contributed by atoms with Gasteiger partial charge < -0.3 is 14.5 Å². The monoisotopic (exact) mass is 265 g/mol. The summed E-state index contributed by atoms with van der Waals surface area (Å²) in [6.45, 7) is 4.29. The summed E-state index contributed by atoms with van der Waals surface area (Å²) in [5.74, 6) is 1.38. The van der Waals surface area contributed by atoms with Gasteiger partial charge in [0.15, 0.2) is 0 Å². The molecule has 1 aromatic rings. The first-order valence-corrected chi connectivity index (χ1v) is 7.06. The maximum absolute atomic E-state index is 11.3. The van der Waals surface area contributed by atoms with Gasteiger partial charge in [0, 0.05) is 6.04 Å². The standard InChI is InChI=1S/C15H23NO3/c1-10(12-6-4-5-7-12)16-11(2)13-8-9-14(19-13)15(17)18-3/h8-12,16H,4-7H2,1-3H3. The van der Waals surface area contributed by atoms with Crippen LogP contribution in [0.25, 0.3) is 0 Å². The number of furan rings is 1. The van der Waals surface area contributed by atoms with Crippen molar-refractivity contribution in [1.29, 1.82) is 0 Å². The molecule has 1 heterocycles. The highest BCUT2D eigenvalue weighted by Gasteiger charge is 2.24. The van der Waals surface area contributed by atoms with Gasteiger partial charge in [-0.15, -0.1) is 0 Å². The number of nitrogens with one attached hydrogen (secondary N) is 1. The fourth-order valence-electron chi connectivity index (χ4n) is 2.87. The van der Waals surface area contributed by atoms with Crippen LogP contribution in [-0.2, 0) is 4.74 Å². The van der Waals surface area contributed by atoms with Crippen molar-refractivity contribution in [3.8, 4) is 0 Å². The summed E-state index contributed by atoms with van der Waals surface area (Å²) >= 11 is 0. The molecule has 2 atom stereocenters. The highest BCUT2D eigenvalue weighted by molar-refractivity contribution is 5.86. The molecule has 106 valence electrons. The van der Waals surface area contributed by atoms with Gasteiger partial charge in [-0.25, -0.2) is 4.79 Å². The van der Waals surface area contributed by atoms with Gasteiger partial charge in [0.2, 0.25) is 5.76 Å². The van der Waals surface area contributed by atoms with E-state index >= 15 is 0 Å². The minimum atomic E-state index is -0.428. The smallest absolute Gasteiger partial charge is 0.373 e. The Morgan fingerprint density at radius 2 is 2.05 bits per heavy atom. The molecule has 1 saturated carbocycles. The van der Waals surface area contributed by atoms with E-state index in [1.165, 1.54) is 32.8 Å². The van der Waals surface area contributed by atoms with Gasteiger partial charge in [-0.3, -0.25) is 0 Å². The molecule has 19 heavy (non-hydrogen) atoms. The number of carbonyl (C=O) groups is 1. The Morgan fingerprint density at radius 1 is 1.37 bits per heavy atom. The maximum Gasteiger partial charge on any atom is 0.373 e. The van der Waals surface area contributed by atoms with E-state index in [2.05, 4.69) is 23.9 Å². The first kappa shape index (κ1) is 14.1. The third kappa shape index (κ3) is 3.38. The maximum atomic E-state index is 11.3. The average Bonchev–Trinajstić information content (AvgIpc) is 3.08. The molecule has 0 bridgehead atoms. The number of esters is 1. The summed E-state index contributed by atoms with van der Waals surface area (Å²) in [7, 11) is 1.36. The van der Waals surface area contributed by atoms with Crippen LogP contribution in [0, 0.1) is 5.92 Å². The van der Waals surface area contributed by atoms with Crippen molar-refractivity contribution in [3.05, 3.63) is 23.7 Å². The predicted molar refractivity (Wildman–Crippen MR) is 73.0 cm³/mol. The van der Waals surface area contributed by atoms with Crippen molar-refractivity contribution in [2.75, 3.05) is 7.11 Å². The van der Waals surface area contributed by atoms with Crippen LogP contribution in [-0.4, -0.2) is 19.1 Å². The minimum Gasteiger partial charge on any atom is -0.463 e. The van der Waals surface area contributed by atoms with E-state index in [0.717, 1.165) is 11.7 Å². The molecule has 0 aromatic carbocycles. The average molecular weight is 265 g/mol. The lowest BCUT2D eigenvalue weighted by atomic mass is 9.99. The molecule has 2 rings (SSSR count). The van der Waals surface area contributed by atoms with Crippen LogP contribution < -0.4 is 5.32 Å². The van der Waals surface area contributed by atoms with Gasteiger partial charge in [-0.05, 0) is 44.7 Å². The van der Waals surface area contributed by atoms with Crippen LogP contribution in [0.4, 0.5) is 0 Å². The Labute approximate surface area is 114 Å². The molecule has 0 spiro atoms. The molecular weight excluding hydrogens is 242 g/mol. The zero-order valence-corrected chi connectivity index (χ0v) is 11.9. The summed E-state index contributed by atoms with van der Waals surface area (Å²) in [5.41, 5.74) is 0. The molecular formula is C15H23NO3. The normalized spacial score (nSPS) is 19.3. The highest BCUT2D eigenvalue weighted by Crippen LogP contribution is 2.29. The Bertz CT molecular complexity index is 421. The second-order valence-electron chi connectivity index (χ2n) is 5.42. The first-order valence-electron chi connectivity index (χ1n) is 7.06. The van der Waals surface area contributed by atoms with E-state index in [-0.39, 0.29) is 11.8 Å². The third-order valence-electron chi connectivity index (χ3n) is 4.06. The molecule has 0 radical (unpaired) electrons. The quantitative estimate of drug-likeness (QED) is 0.830. The molecule has 1 aliphatic carbocycles. The summed E-state index contributed by atoms with van der Waals surface area (Å²) in [5, 5.41) is 3.56. The molecule has 4 heteroatoms. The Hall–Kier alpha value is -1.29. The van der Waals surface area contributed by atoms with Crippen molar-refractivity contribution in [2.45, 2.75) is 51.6 Å². The van der Waals surface area contributed by atoms with Crippen LogP contribution in [0.15, 0.2) is 16.5 Å². The highest BCUT2D eigenvalue weighted by atomic mass is 16.5. The number of ether oxygens (including phenoxy) is 1. The summed E-state index contributed by atoms with van der Waals surface area (Å²) in [6.07, 6.45) is 5.32. The molecule has 1 aliphatic rings. The van der Waals surface area contributed by atoms with Gasteiger partial charge >= 0.3 is 5.97 Å². The molecule has 2 unspecified atom stereocenters. The molecule has 1 fully saturated rings. The summed E-state index contributed by atoms with van der Waals surface area (Å²) in [4.78, 5) is 11.3. The van der Waals surface area contributed by atoms with Gasteiger partial charge in [0.05, 0.1) is 13.2 Å². The van der Waals surface area contributed by atoms with E-state index in [1.54, 1.807) is 6.07 Å². The van der Waals surface area contributed by atoms with E-state index in [0.29, 0.717) is 6.04 Å². The second kappa shape index (κ2) is 6.24. The van der Waals surface area contributed by atoms with Crippen LogP contribution in [0.5, 0.6) is 0 Å². The van der Waals surface area contributed by atoms with Crippen LogP contribution in [0.1, 0.15) is 61.9 Å². The number of hydrogen-bond acceptors (Lipinski definition) is 4. The van der Waals surface area contributed by atoms with Crippen LogP contribution in [0.2, 0.25) is 0 Å². The van der Waals surface area contributed by atoms with Gasteiger partial charge in [-0.1, -0.05) is 12.8 Å². The number of hydrogen-bond donors (Lipinski definition) is 1. The van der Waals surface area contributed by atoms with Crippen molar-refractivity contribution in [3.63, 3.8) is 0 Å². The van der Waals surface area contributed by atoms with E-state index in [4.69, 9.17) is 4.42 Å². The molecule has 4 nitrogen and oxygen atoms in total. The third-order valence-corrected chi connectivity index (χ3v) is 4.06. The SMILES string of the molecule is COC(=O)c1ccc(C(C)NC(C)C2CCCC2)o1. The van der Waals surface area contributed by atoms with E-state index < -0.39 is 5.97 Å². The molecule has 0 aliphatic heterocycles. The predicted octanol–water partition coefficient (Wildman–Crippen LogP) is 3.30.